The van der Waals surface area contributed by atoms with Gasteiger partial charge in [-0.25, -0.2) is 4.39 Å². The van der Waals surface area contributed by atoms with Gasteiger partial charge in [0, 0.05) is 17.7 Å². The molecule has 0 saturated heterocycles. The summed E-state index contributed by atoms with van der Waals surface area (Å²) in [5, 5.41) is 2.53. The highest BCUT2D eigenvalue weighted by Crippen LogP contribution is 2.27. The van der Waals surface area contributed by atoms with E-state index in [9.17, 15) is 9.18 Å². The van der Waals surface area contributed by atoms with Crippen LogP contribution in [0.2, 0.25) is 0 Å². The fraction of sp³-hybridized carbons (Fsp3) is 0.188. The van der Waals surface area contributed by atoms with Crippen LogP contribution in [0.25, 0.3) is 0 Å². The van der Waals surface area contributed by atoms with E-state index in [4.69, 9.17) is 4.74 Å². The fourth-order valence-corrected chi connectivity index (χ4v) is 2.81. The summed E-state index contributed by atoms with van der Waals surface area (Å²) >= 11 is 1.50. The largest absolute Gasteiger partial charge is 0.497 e. The molecule has 2 rings (SSSR count). The third kappa shape index (κ3) is 3.98. The van der Waals surface area contributed by atoms with Crippen LogP contribution in [-0.4, -0.2) is 20.1 Å². The molecule has 2 aromatic rings. The number of hydrogen-bond donors (Lipinski definition) is 1. The highest BCUT2D eigenvalue weighted by atomic mass is 32.2. The molecule has 0 aromatic heterocycles. The average Bonchev–Trinajstić information content (AvgIpc) is 2.53. The minimum absolute atomic E-state index is 0.285. The maximum Gasteiger partial charge on any atom is 0.252 e. The van der Waals surface area contributed by atoms with Crippen LogP contribution in [0.1, 0.15) is 15.9 Å². The van der Waals surface area contributed by atoms with E-state index in [2.05, 4.69) is 5.32 Å². The number of thioether (sulfide) groups is 1. The summed E-state index contributed by atoms with van der Waals surface area (Å²) in [5.74, 6) is 0.797. The second-order valence-corrected chi connectivity index (χ2v) is 5.37. The molecule has 0 fully saturated rings. The first kappa shape index (κ1) is 15.4. The van der Waals surface area contributed by atoms with Crippen molar-refractivity contribution in [1.82, 2.24) is 5.32 Å². The van der Waals surface area contributed by atoms with E-state index in [1.165, 1.54) is 30.9 Å². The third-order valence-corrected chi connectivity index (χ3v) is 4.11. The molecule has 3 nitrogen and oxygen atoms in total. The van der Waals surface area contributed by atoms with Crippen LogP contribution < -0.4 is 10.1 Å². The van der Waals surface area contributed by atoms with Crippen molar-refractivity contribution in [3.63, 3.8) is 0 Å². The zero-order valence-electron chi connectivity index (χ0n) is 11.9. The lowest BCUT2D eigenvalue weighted by Gasteiger charge is -2.09. The lowest BCUT2D eigenvalue weighted by atomic mass is 10.2. The first-order valence-corrected chi connectivity index (χ1v) is 7.40. The van der Waals surface area contributed by atoms with Crippen LogP contribution in [-0.2, 0) is 5.75 Å². The van der Waals surface area contributed by atoms with E-state index in [0.717, 1.165) is 16.2 Å². The Morgan fingerprint density at radius 1 is 1.24 bits per heavy atom. The highest BCUT2D eigenvalue weighted by Gasteiger charge is 2.11. The minimum Gasteiger partial charge on any atom is -0.497 e. The third-order valence-electron chi connectivity index (χ3n) is 2.97. The minimum atomic E-state index is -0.414. The second kappa shape index (κ2) is 7.13. The van der Waals surface area contributed by atoms with Crippen molar-refractivity contribution in [2.75, 3.05) is 14.2 Å². The average molecular weight is 305 g/mol. The van der Waals surface area contributed by atoms with Crippen molar-refractivity contribution in [3.8, 4) is 5.75 Å². The number of nitrogens with one attached hydrogen (secondary N) is 1. The van der Waals surface area contributed by atoms with Crippen molar-refractivity contribution in [1.29, 1.82) is 0 Å². The molecule has 0 unspecified atom stereocenters. The number of ether oxygens (including phenoxy) is 1. The van der Waals surface area contributed by atoms with Gasteiger partial charge in [-0.15, -0.1) is 11.8 Å². The number of methoxy groups -OCH3 is 1. The van der Waals surface area contributed by atoms with Crippen LogP contribution in [0.4, 0.5) is 4.39 Å². The van der Waals surface area contributed by atoms with Crippen LogP contribution in [0.5, 0.6) is 5.75 Å². The van der Waals surface area contributed by atoms with Gasteiger partial charge in [-0.2, -0.15) is 0 Å². The standard InChI is InChI=1S/C16H16FNO2S/c1-18-16(19)14-9-12(17)5-8-15(14)21-10-11-3-6-13(20-2)7-4-11/h3-9H,10H2,1-2H3,(H,18,19). The Hall–Kier alpha value is -2.01. The second-order valence-electron chi connectivity index (χ2n) is 4.36. The van der Waals surface area contributed by atoms with Gasteiger partial charge in [0.1, 0.15) is 11.6 Å². The van der Waals surface area contributed by atoms with Gasteiger partial charge in [-0.05, 0) is 35.9 Å². The molecule has 0 aliphatic rings. The summed E-state index contributed by atoms with van der Waals surface area (Å²) in [6, 6.07) is 12.0. The Bertz CT molecular complexity index is 629. The molecule has 0 aliphatic heterocycles. The maximum atomic E-state index is 13.3. The zero-order valence-corrected chi connectivity index (χ0v) is 12.7. The number of carbonyl (C=O) groups excluding carboxylic acids is 1. The molecule has 0 aliphatic carbocycles. The Labute approximate surface area is 127 Å². The topological polar surface area (TPSA) is 38.3 Å². The van der Waals surface area contributed by atoms with E-state index < -0.39 is 5.82 Å². The van der Waals surface area contributed by atoms with E-state index in [1.54, 1.807) is 13.2 Å². The highest BCUT2D eigenvalue weighted by molar-refractivity contribution is 7.98. The first-order valence-electron chi connectivity index (χ1n) is 6.41. The van der Waals surface area contributed by atoms with E-state index in [-0.39, 0.29) is 5.91 Å². The molecule has 0 saturated carbocycles. The van der Waals surface area contributed by atoms with E-state index in [1.807, 2.05) is 24.3 Å². The van der Waals surface area contributed by atoms with Crippen molar-refractivity contribution in [2.24, 2.45) is 0 Å². The molecule has 21 heavy (non-hydrogen) atoms. The normalized spacial score (nSPS) is 10.2. The molecule has 0 spiro atoms. The molecule has 2 aromatic carbocycles. The van der Waals surface area contributed by atoms with E-state index in [0.29, 0.717) is 11.3 Å². The molecule has 1 N–H and O–H groups in total. The van der Waals surface area contributed by atoms with Crippen LogP contribution in [0.3, 0.4) is 0 Å². The summed E-state index contributed by atoms with van der Waals surface area (Å²) in [6.45, 7) is 0. The van der Waals surface area contributed by atoms with Gasteiger partial charge in [-0.1, -0.05) is 12.1 Å². The number of halogens is 1. The molecule has 5 heteroatoms. The predicted molar refractivity (Wildman–Crippen MR) is 82.3 cm³/mol. The van der Waals surface area contributed by atoms with E-state index >= 15 is 0 Å². The predicted octanol–water partition coefficient (Wildman–Crippen LogP) is 3.49. The Balaban J connectivity index is 2.13. The monoisotopic (exact) mass is 305 g/mol. The van der Waals surface area contributed by atoms with Crippen LogP contribution in [0, 0.1) is 5.82 Å². The molecular weight excluding hydrogens is 289 g/mol. The summed E-state index contributed by atoms with van der Waals surface area (Å²) in [5.41, 5.74) is 1.46. The van der Waals surface area contributed by atoms with Crippen molar-refractivity contribution in [2.45, 2.75) is 10.6 Å². The Kier molecular flexibility index (Phi) is 5.22. The van der Waals surface area contributed by atoms with Crippen molar-refractivity contribution >= 4 is 17.7 Å². The maximum absolute atomic E-state index is 13.3. The number of benzene rings is 2. The molecule has 0 atom stereocenters. The molecule has 0 heterocycles. The van der Waals surface area contributed by atoms with Crippen LogP contribution >= 0.6 is 11.8 Å². The van der Waals surface area contributed by atoms with Gasteiger partial charge in [0.05, 0.1) is 12.7 Å². The van der Waals surface area contributed by atoms with Gasteiger partial charge >= 0.3 is 0 Å². The van der Waals surface area contributed by atoms with Gasteiger partial charge in [0.15, 0.2) is 0 Å². The van der Waals surface area contributed by atoms with Gasteiger partial charge < -0.3 is 10.1 Å². The summed E-state index contributed by atoms with van der Waals surface area (Å²) in [7, 11) is 3.16. The number of rotatable bonds is 5. The molecule has 0 bridgehead atoms. The molecule has 1 amide bonds. The Morgan fingerprint density at radius 3 is 2.57 bits per heavy atom. The lowest BCUT2D eigenvalue weighted by Crippen LogP contribution is -2.18. The van der Waals surface area contributed by atoms with Crippen LogP contribution in [0.15, 0.2) is 47.4 Å². The number of hydrogen-bond acceptors (Lipinski definition) is 3. The number of amides is 1. The summed E-state index contributed by atoms with van der Waals surface area (Å²) in [4.78, 5) is 12.5. The Morgan fingerprint density at radius 2 is 1.95 bits per heavy atom. The molecular formula is C16H16FNO2S. The van der Waals surface area contributed by atoms with Gasteiger partial charge in [-0.3, -0.25) is 4.79 Å². The fourth-order valence-electron chi connectivity index (χ4n) is 1.82. The zero-order chi connectivity index (χ0) is 15.2. The lowest BCUT2D eigenvalue weighted by molar-refractivity contribution is 0.0959. The summed E-state index contributed by atoms with van der Waals surface area (Å²) in [6.07, 6.45) is 0. The van der Waals surface area contributed by atoms with Crippen molar-refractivity contribution in [3.05, 3.63) is 59.4 Å². The first-order chi connectivity index (χ1) is 10.1. The van der Waals surface area contributed by atoms with Gasteiger partial charge in [0.2, 0.25) is 0 Å². The quantitative estimate of drug-likeness (QED) is 0.859. The number of carbonyl (C=O) groups is 1. The smallest absolute Gasteiger partial charge is 0.252 e. The van der Waals surface area contributed by atoms with Crippen molar-refractivity contribution < 1.29 is 13.9 Å². The molecule has 110 valence electrons. The summed E-state index contributed by atoms with van der Waals surface area (Å²) < 4.78 is 18.4. The molecule has 0 radical (unpaired) electrons. The SMILES string of the molecule is CNC(=O)c1cc(F)ccc1SCc1ccc(OC)cc1. The van der Waals surface area contributed by atoms with Gasteiger partial charge in [0.25, 0.3) is 5.91 Å².